The molecule has 32 heavy (non-hydrogen) atoms. The van der Waals surface area contributed by atoms with Gasteiger partial charge in [0.05, 0.1) is 36.3 Å². The van der Waals surface area contributed by atoms with Crippen LogP contribution in [-0.4, -0.2) is 34.7 Å². The number of methoxy groups -OCH3 is 1. The monoisotopic (exact) mass is 434 g/mol. The van der Waals surface area contributed by atoms with Crippen LogP contribution in [0.2, 0.25) is 0 Å². The van der Waals surface area contributed by atoms with Gasteiger partial charge in [-0.1, -0.05) is 24.3 Å². The van der Waals surface area contributed by atoms with E-state index < -0.39 is 0 Å². The van der Waals surface area contributed by atoms with E-state index in [4.69, 9.17) is 19.3 Å². The van der Waals surface area contributed by atoms with E-state index >= 15 is 0 Å². The van der Waals surface area contributed by atoms with Crippen molar-refractivity contribution in [2.75, 3.05) is 13.7 Å². The number of para-hydroxylation sites is 2. The highest BCUT2D eigenvalue weighted by atomic mass is 16.5. The summed E-state index contributed by atoms with van der Waals surface area (Å²) in [5.74, 6) is 1.95. The zero-order valence-electron chi connectivity index (χ0n) is 20.0. The van der Waals surface area contributed by atoms with Gasteiger partial charge in [0.1, 0.15) is 17.2 Å². The molecule has 3 aromatic rings. The number of aromatic nitrogens is 2. The van der Waals surface area contributed by atoms with Crippen molar-refractivity contribution in [1.29, 1.82) is 0 Å². The Kier molecular flexibility index (Phi) is 6.04. The summed E-state index contributed by atoms with van der Waals surface area (Å²) in [6.07, 6.45) is 1.86. The lowest BCUT2D eigenvalue weighted by Gasteiger charge is -2.45. The molecule has 170 valence electrons. The van der Waals surface area contributed by atoms with Gasteiger partial charge in [-0.2, -0.15) is 5.10 Å². The van der Waals surface area contributed by atoms with E-state index in [0.29, 0.717) is 12.5 Å². The fraction of sp³-hybridized carbons (Fsp3) is 0.444. The smallest absolute Gasteiger partial charge is 0.144 e. The Balaban J connectivity index is 1.85. The molecule has 2 aromatic carbocycles. The maximum Gasteiger partial charge on any atom is 0.144 e. The second-order valence-corrected chi connectivity index (χ2v) is 9.73. The maximum absolute atomic E-state index is 6.33. The molecule has 0 aliphatic carbocycles. The molecule has 5 heteroatoms. The molecular formula is C27H34N2O3. The first-order valence-electron chi connectivity index (χ1n) is 11.4. The van der Waals surface area contributed by atoms with Gasteiger partial charge in [0, 0.05) is 11.5 Å². The molecule has 0 atom stereocenters. The molecule has 2 heterocycles. The topological polar surface area (TPSA) is 45.5 Å². The van der Waals surface area contributed by atoms with Gasteiger partial charge in [0.25, 0.3) is 0 Å². The molecule has 0 amide bonds. The minimum Gasteiger partial charge on any atom is -0.494 e. The molecule has 5 nitrogen and oxygen atoms in total. The fourth-order valence-electron chi connectivity index (χ4n) is 5.00. The number of hydrogen-bond donors (Lipinski definition) is 0. The van der Waals surface area contributed by atoms with Crippen molar-refractivity contribution >= 4 is 0 Å². The third kappa shape index (κ3) is 4.68. The van der Waals surface area contributed by atoms with Crippen LogP contribution in [0.5, 0.6) is 11.5 Å². The van der Waals surface area contributed by atoms with Gasteiger partial charge >= 0.3 is 0 Å². The zero-order chi connectivity index (χ0) is 22.9. The molecule has 0 bridgehead atoms. The Hall–Kier alpha value is -2.79. The van der Waals surface area contributed by atoms with Crippen LogP contribution in [0.15, 0.2) is 54.6 Å². The number of hydrogen-bond acceptors (Lipinski definition) is 4. The minimum atomic E-state index is -0.199. The standard InChI is InChI=1S/C27H34N2O3/c1-7-31-21-12-10-11-19(15-21)24-16-22(20-17-26(2,3)32-27(4,5)18-20)28-29(24)23-13-8-9-14-25(23)30-6/h8-16,20H,7,17-18H2,1-6H3. The van der Waals surface area contributed by atoms with Crippen LogP contribution in [-0.2, 0) is 4.74 Å². The van der Waals surface area contributed by atoms with Crippen LogP contribution in [0.25, 0.3) is 16.9 Å². The molecular weight excluding hydrogens is 400 g/mol. The molecule has 0 radical (unpaired) electrons. The van der Waals surface area contributed by atoms with Crippen LogP contribution < -0.4 is 9.47 Å². The zero-order valence-corrected chi connectivity index (χ0v) is 20.0. The van der Waals surface area contributed by atoms with Crippen LogP contribution >= 0.6 is 0 Å². The van der Waals surface area contributed by atoms with E-state index in [9.17, 15) is 0 Å². The third-order valence-corrected chi connectivity index (χ3v) is 5.93. The van der Waals surface area contributed by atoms with E-state index in [1.165, 1.54) is 0 Å². The summed E-state index contributed by atoms with van der Waals surface area (Å²) in [7, 11) is 1.70. The van der Waals surface area contributed by atoms with Crippen LogP contribution in [0, 0.1) is 0 Å². The predicted octanol–water partition coefficient (Wildman–Crippen LogP) is 6.40. The summed E-state index contributed by atoms with van der Waals surface area (Å²) in [6.45, 7) is 11.3. The third-order valence-electron chi connectivity index (χ3n) is 5.93. The van der Waals surface area contributed by atoms with E-state index in [-0.39, 0.29) is 11.2 Å². The SMILES string of the molecule is CCOc1cccc(-c2cc(C3CC(C)(C)OC(C)(C)C3)nn2-c2ccccc2OC)c1. The van der Waals surface area contributed by atoms with Gasteiger partial charge in [-0.15, -0.1) is 0 Å². The second kappa shape index (κ2) is 8.62. The van der Waals surface area contributed by atoms with Crippen LogP contribution in [0.1, 0.15) is 59.1 Å². The number of ether oxygens (including phenoxy) is 3. The van der Waals surface area contributed by atoms with Gasteiger partial charge in [-0.05, 0) is 77.8 Å². The lowest BCUT2D eigenvalue weighted by Crippen LogP contribution is -2.44. The summed E-state index contributed by atoms with van der Waals surface area (Å²) >= 11 is 0. The van der Waals surface area contributed by atoms with E-state index in [1.54, 1.807) is 7.11 Å². The van der Waals surface area contributed by atoms with Gasteiger partial charge < -0.3 is 14.2 Å². The lowest BCUT2D eigenvalue weighted by molar-refractivity contribution is -0.162. The lowest BCUT2D eigenvalue weighted by atomic mass is 9.79. The molecule has 1 aromatic heterocycles. The molecule has 0 saturated carbocycles. The summed E-state index contributed by atoms with van der Waals surface area (Å²) in [5.41, 5.74) is 3.69. The van der Waals surface area contributed by atoms with Crippen molar-refractivity contribution in [3.05, 3.63) is 60.3 Å². The van der Waals surface area contributed by atoms with Crippen molar-refractivity contribution in [2.45, 2.75) is 64.6 Å². The summed E-state index contributed by atoms with van der Waals surface area (Å²) in [5, 5.41) is 5.14. The fourth-order valence-corrected chi connectivity index (χ4v) is 5.00. The normalized spacial score (nSPS) is 17.8. The minimum absolute atomic E-state index is 0.199. The number of nitrogens with zero attached hydrogens (tertiary/aromatic N) is 2. The Morgan fingerprint density at radius 2 is 1.72 bits per heavy atom. The Labute approximate surface area is 191 Å². The first-order valence-corrected chi connectivity index (χ1v) is 11.4. The van der Waals surface area contributed by atoms with Crippen molar-refractivity contribution in [2.24, 2.45) is 0 Å². The molecule has 4 rings (SSSR count). The van der Waals surface area contributed by atoms with Gasteiger partial charge in [-0.3, -0.25) is 0 Å². The van der Waals surface area contributed by atoms with Gasteiger partial charge in [-0.25, -0.2) is 4.68 Å². The average Bonchev–Trinajstić information content (AvgIpc) is 3.17. The molecule has 0 N–H and O–H groups in total. The molecule has 1 aliphatic rings. The Morgan fingerprint density at radius 1 is 1.00 bits per heavy atom. The Bertz CT molecular complexity index is 1070. The first-order chi connectivity index (χ1) is 15.2. The molecule has 0 spiro atoms. The van der Waals surface area contributed by atoms with Gasteiger partial charge in [0.15, 0.2) is 0 Å². The highest BCUT2D eigenvalue weighted by molar-refractivity contribution is 5.66. The summed E-state index contributed by atoms with van der Waals surface area (Å²) < 4.78 is 19.8. The molecule has 0 unspecified atom stereocenters. The van der Waals surface area contributed by atoms with Crippen molar-refractivity contribution in [3.63, 3.8) is 0 Å². The highest BCUT2D eigenvalue weighted by Crippen LogP contribution is 2.44. The van der Waals surface area contributed by atoms with E-state index in [0.717, 1.165) is 47.0 Å². The molecule has 1 aliphatic heterocycles. The van der Waals surface area contributed by atoms with Crippen LogP contribution in [0.4, 0.5) is 0 Å². The molecule has 1 saturated heterocycles. The first kappa shape index (κ1) is 22.4. The highest BCUT2D eigenvalue weighted by Gasteiger charge is 2.41. The average molecular weight is 435 g/mol. The van der Waals surface area contributed by atoms with Crippen LogP contribution in [0.3, 0.4) is 0 Å². The quantitative estimate of drug-likeness (QED) is 0.450. The van der Waals surface area contributed by atoms with E-state index in [1.807, 2.05) is 48.0 Å². The van der Waals surface area contributed by atoms with Gasteiger partial charge in [0.2, 0.25) is 0 Å². The largest absolute Gasteiger partial charge is 0.494 e. The summed E-state index contributed by atoms with van der Waals surface area (Å²) in [6, 6.07) is 18.4. The number of benzene rings is 2. The van der Waals surface area contributed by atoms with E-state index in [2.05, 4.69) is 45.9 Å². The second-order valence-electron chi connectivity index (χ2n) is 9.73. The Morgan fingerprint density at radius 3 is 2.41 bits per heavy atom. The number of rotatable bonds is 6. The van der Waals surface area contributed by atoms with Crippen molar-refractivity contribution in [3.8, 4) is 28.4 Å². The molecule has 1 fully saturated rings. The van der Waals surface area contributed by atoms with Crippen molar-refractivity contribution < 1.29 is 14.2 Å². The summed E-state index contributed by atoms with van der Waals surface area (Å²) in [4.78, 5) is 0. The predicted molar refractivity (Wildman–Crippen MR) is 128 cm³/mol. The maximum atomic E-state index is 6.33. The van der Waals surface area contributed by atoms with Crippen molar-refractivity contribution in [1.82, 2.24) is 9.78 Å².